The van der Waals surface area contributed by atoms with Crippen LogP contribution in [0.25, 0.3) is 5.57 Å². The Morgan fingerprint density at radius 3 is 2.39 bits per heavy atom. The number of rotatable bonds is 2. The quantitative estimate of drug-likeness (QED) is 0.828. The fourth-order valence-corrected chi connectivity index (χ4v) is 2.45. The monoisotopic (exact) mass is 261 g/mol. The van der Waals surface area contributed by atoms with Crippen molar-refractivity contribution in [1.82, 2.24) is 0 Å². The molecule has 1 unspecified atom stereocenters. The molecule has 0 radical (unpaired) electrons. The number of hydrogen-bond acceptors (Lipinski definition) is 3. The highest BCUT2D eigenvalue weighted by Gasteiger charge is 2.41. The zero-order chi connectivity index (χ0) is 13.2. The summed E-state index contributed by atoms with van der Waals surface area (Å²) in [5.41, 5.74) is 1.78. The smallest absolute Gasteiger partial charge is 0.284 e. The molecule has 18 heavy (non-hydrogen) atoms. The van der Waals surface area contributed by atoms with Crippen molar-refractivity contribution in [2.45, 2.75) is 11.2 Å². The third kappa shape index (κ3) is 2.08. The van der Waals surface area contributed by atoms with E-state index < -0.39 is 14.9 Å². The highest BCUT2D eigenvalue weighted by Crippen LogP contribution is 2.31. The molecule has 0 aromatic heterocycles. The molecule has 0 saturated carbocycles. The molecular weight excluding hydrogens is 250 g/mol. The summed E-state index contributed by atoms with van der Waals surface area (Å²) >= 11 is 0. The lowest BCUT2D eigenvalue weighted by atomic mass is 9.93. The van der Waals surface area contributed by atoms with Gasteiger partial charge < -0.3 is 0 Å². The number of nitrogens with zero attached hydrogens (tertiary/aromatic N) is 1. The van der Waals surface area contributed by atoms with Gasteiger partial charge in [-0.15, -0.1) is 0 Å². The molecule has 1 N–H and O–H groups in total. The van der Waals surface area contributed by atoms with Crippen molar-refractivity contribution in [1.29, 1.82) is 5.26 Å². The van der Waals surface area contributed by atoms with Gasteiger partial charge >= 0.3 is 0 Å². The van der Waals surface area contributed by atoms with Gasteiger partial charge in [0, 0.05) is 6.42 Å². The number of nitriles is 1. The van der Waals surface area contributed by atoms with Crippen LogP contribution in [-0.4, -0.2) is 17.7 Å². The molecule has 0 heterocycles. The van der Waals surface area contributed by atoms with Crippen LogP contribution in [0, 0.1) is 11.3 Å². The van der Waals surface area contributed by atoms with E-state index in [0.717, 1.165) is 11.1 Å². The lowest BCUT2D eigenvalue weighted by molar-refractivity contribution is 0.463. The number of allylic oxidation sites excluding steroid dienone is 3. The first kappa shape index (κ1) is 12.6. The number of hydrogen-bond donors (Lipinski definition) is 1. The minimum atomic E-state index is -4.44. The van der Waals surface area contributed by atoms with Crippen LogP contribution < -0.4 is 0 Å². The Morgan fingerprint density at radius 1 is 1.28 bits per heavy atom. The third-order valence-corrected chi connectivity index (χ3v) is 4.23. The standard InChI is InChI=1S/C13H11NO3S/c14-10-13(18(15,16)17)8-6-12(7-9-13)11-4-2-1-3-5-11/h1-8H,9H2,(H,15,16,17). The summed E-state index contributed by atoms with van der Waals surface area (Å²) in [4.78, 5) is 0. The summed E-state index contributed by atoms with van der Waals surface area (Å²) in [6.45, 7) is 0. The third-order valence-electron chi connectivity index (χ3n) is 2.91. The van der Waals surface area contributed by atoms with Crippen LogP contribution in [0.5, 0.6) is 0 Å². The van der Waals surface area contributed by atoms with E-state index in [-0.39, 0.29) is 6.42 Å². The van der Waals surface area contributed by atoms with Crippen molar-refractivity contribution in [3.8, 4) is 6.07 Å². The van der Waals surface area contributed by atoms with Crippen molar-refractivity contribution >= 4 is 15.7 Å². The maximum Gasteiger partial charge on any atom is 0.288 e. The molecule has 1 aromatic rings. The summed E-state index contributed by atoms with van der Waals surface area (Å²) in [6.07, 6.45) is 4.38. The molecule has 0 amide bonds. The normalized spacial score (nSPS) is 23.2. The summed E-state index contributed by atoms with van der Waals surface area (Å²) in [6, 6.07) is 11.1. The molecule has 1 atom stereocenters. The van der Waals surface area contributed by atoms with E-state index in [1.807, 2.05) is 30.3 Å². The predicted octanol–water partition coefficient (Wildman–Crippen LogP) is 2.18. The van der Waals surface area contributed by atoms with Crippen molar-refractivity contribution in [2.75, 3.05) is 0 Å². The molecule has 0 saturated heterocycles. The van der Waals surface area contributed by atoms with E-state index in [1.54, 1.807) is 18.2 Å². The zero-order valence-corrected chi connectivity index (χ0v) is 10.3. The van der Waals surface area contributed by atoms with Gasteiger partial charge in [0.25, 0.3) is 10.1 Å². The first-order chi connectivity index (χ1) is 8.48. The van der Waals surface area contributed by atoms with Gasteiger partial charge in [0.05, 0.1) is 6.07 Å². The highest BCUT2D eigenvalue weighted by atomic mass is 32.2. The Kier molecular flexibility index (Phi) is 3.07. The second-order valence-electron chi connectivity index (χ2n) is 4.04. The van der Waals surface area contributed by atoms with Gasteiger partial charge in [-0.1, -0.05) is 42.5 Å². The van der Waals surface area contributed by atoms with E-state index >= 15 is 0 Å². The van der Waals surface area contributed by atoms with E-state index in [1.165, 1.54) is 6.08 Å². The Labute approximate surface area is 106 Å². The maximum atomic E-state index is 11.2. The summed E-state index contributed by atoms with van der Waals surface area (Å²) in [5, 5.41) is 8.96. The molecule has 1 aromatic carbocycles. The van der Waals surface area contributed by atoms with Crippen molar-refractivity contribution in [3.63, 3.8) is 0 Å². The van der Waals surface area contributed by atoms with Gasteiger partial charge in [0.15, 0.2) is 0 Å². The first-order valence-corrected chi connectivity index (χ1v) is 6.76. The second-order valence-corrected chi connectivity index (χ2v) is 5.72. The van der Waals surface area contributed by atoms with Crippen LogP contribution in [0.1, 0.15) is 12.0 Å². The SMILES string of the molecule is N#CC1(S(=O)(=O)O)C=CC(c2ccccc2)=CC1. The average molecular weight is 261 g/mol. The Bertz CT molecular complexity index is 653. The van der Waals surface area contributed by atoms with Gasteiger partial charge in [-0.25, -0.2) is 0 Å². The Hall–Kier alpha value is -1.90. The van der Waals surface area contributed by atoms with Crippen LogP contribution in [0.2, 0.25) is 0 Å². The van der Waals surface area contributed by atoms with Crippen LogP contribution in [0.15, 0.2) is 48.6 Å². The van der Waals surface area contributed by atoms with Crippen LogP contribution >= 0.6 is 0 Å². The molecule has 0 fully saturated rings. The molecule has 4 nitrogen and oxygen atoms in total. The fourth-order valence-electron chi connectivity index (χ4n) is 1.80. The molecule has 1 aliphatic carbocycles. The Morgan fingerprint density at radius 2 is 1.94 bits per heavy atom. The minimum Gasteiger partial charge on any atom is -0.284 e. The molecule has 92 valence electrons. The topological polar surface area (TPSA) is 78.2 Å². The predicted molar refractivity (Wildman–Crippen MR) is 68.1 cm³/mol. The highest BCUT2D eigenvalue weighted by molar-refractivity contribution is 7.87. The van der Waals surface area contributed by atoms with Crippen LogP contribution in [0.4, 0.5) is 0 Å². The van der Waals surface area contributed by atoms with E-state index in [2.05, 4.69) is 0 Å². The first-order valence-electron chi connectivity index (χ1n) is 5.32. The number of benzene rings is 1. The molecule has 1 aliphatic rings. The van der Waals surface area contributed by atoms with Gasteiger partial charge in [0.2, 0.25) is 4.75 Å². The molecule has 2 rings (SSSR count). The summed E-state index contributed by atoms with van der Waals surface area (Å²) < 4.78 is 29.7. The van der Waals surface area contributed by atoms with Gasteiger partial charge in [-0.05, 0) is 17.2 Å². The van der Waals surface area contributed by atoms with E-state index in [9.17, 15) is 8.42 Å². The molecule has 5 heteroatoms. The van der Waals surface area contributed by atoms with Crippen molar-refractivity contribution in [2.24, 2.45) is 0 Å². The van der Waals surface area contributed by atoms with Crippen LogP contribution in [-0.2, 0) is 10.1 Å². The van der Waals surface area contributed by atoms with Gasteiger partial charge in [0.1, 0.15) is 0 Å². The zero-order valence-electron chi connectivity index (χ0n) is 9.45. The minimum absolute atomic E-state index is 0.0525. The lowest BCUT2D eigenvalue weighted by Crippen LogP contribution is -2.35. The molecule has 0 bridgehead atoms. The van der Waals surface area contributed by atoms with Gasteiger partial charge in [-0.2, -0.15) is 13.7 Å². The van der Waals surface area contributed by atoms with Crippen molar-refractivity contribution in [3.05, 3.63) is 54.1 Å². The maximum absolute atomic E-state index is 11.2. The second kappa shape index (κ2) is 4.41. The molecule has 0 aliphatic heterocycles. The van der Waals surface area contributed by atoms with E-state index in [0.29, 0.717) is 0 Å². The Balaban J connectivity index is 2.36. The molecule has 0 spiro atoms. The van der Waals surface area contributed by atoms with Crippen LogP contribution in [0.3, 0.4) is 0 Å². The molecular formula is C13H11NO3S. The lowest BCUT2D eigenvalue weighted by Gasteiger charge is -2.21. The van der Waals surface area contributed by atoms with E-state index in [4.69, 9.17) is 9.81 Å². The summed E-state index contributed by atoms with van der Waals surface area (Å²) in [7, 11) is -4.44. The largest absolute Gasteiger partial charge is 0.288 e. The summed E-state index contributed by atoms with van der Waals surface area (Å²) in [5.74, 6) is 0. The van der Waals surface area contributed by atoms with Gasteiger partial charge in [-0.3, -0.25) is 4.55 Å². The average Bonchev–Trinajstić information content (AvgIpc) is 2.38. The fraction of sp³-hybridized carbons (Fsp3) is 0.154. The van der Waals surface area contributed by atoms with Crippen molar-refractivity contribution < 1.29 is 13.0 Å².